The smallest absolute Gasteiger partial charge is 0.237 e. The lowest BCUT2D eigenvalue weighted by molar-refractivity contribution is 0.101. The summed E-state index contributed by atoms with van der Waals surface area (Å²) in [5, 5.41) is 0. The zero-order valence-corrected chi connectivity index (χ0v) is 8.57. The number of halogens is 1. The van der Waals surface area contributed by atoms with Crippen molar-refractivity contribution in [3.05, 3.63) is 34.0 Å². The molecule has 0 spiro atoms. The maximum Gasteiger partial charge on any atom is 0.237 e. The molecule has 0 aliphatic carbocycles. The van der Waals surface area contributed by atoms with Crippen molar-refractivity contribution >= 4 is 28.4 Å². The van der Waals surface area contributed by atoms with E-state index < -0.39 is 0 Å². The van der Waals surface area contributed by atoms with Gasteiger partial charge in [-0.3, -0.25) is 4.79 Å². The maximum absolute atomic E-state index is 11.3. The summed E-state index contributed by atoms with van der Waals surface area (Å²) in [6, 6.07) is 3.29. The summed E-state index contributed by atoms with van der Waals surface area (Å²) < 4.78 is 10.1. The summed E-state index contributed by atoms with van der Waals surface area (Å²) in [6.45, 7) is 0. The molecule has 1 aromatic rings. The van der Waals surface area contributed by atoms with Crippen LogP contribution in [-0.4, -0.2) is 12.9 Å². The molecule has 12 heavy (non-hydrogen) atoms. The molecule has 0 bridgehead atoms. The molecule has 1 heterocycles. The predicted molar refractivity (Wildman–Crippen MR) is 52.2 cm³/mol. The molecule has 0 aromatic carbocycles. The average molecular weight is 278 g/mol. The number of furan rings is 1. The van der Waals surface area contributed by atoms with E-state index in [0.29, 0.717) is 9.34 Å². The van der Waals surface area contributed by atoms with E-state index in [1.807, 2.05) is 22.6 Å². The summed E-state index contributed by atoms with van der Waals surface area (Å²) in [6.07, 6.45) is 2.84. The molecule has 4 heteroatoms. The molecule has 1 aromatic heterocycles. The number of Topliss-reactive ketones (excluding diaryl/α,β-unsaturated/α-hetero) is 1. The molecule has 0 aliphatic rings. The summed E-state index contributed by atoms with van der Waals surface area (Å²) in [5.41, 5.74) is 0. The molecule has 3 nitrogen and oxygen atoms in total. The molecule has 1 rings (SSSR count). The predicted octanol–water partition coefficient (Wildman–Crippen LogP) is 2.39. The number of carbonyl (C=O) groups excluding carboxylic acids is 1. The maximum atomic E-state index is 11.3. The molecular weight excluding hydrogens is 271 g/mol. The van der Waals surface area contributed by atoms with Gasteiger partial charge in [0.05, 0.1) is 23.2 Å². The van der Waals surface area contributed by atoms with E-state index in [-0.39, 0.29) is 5.78 Å². The fourth-order valence-electron chi connectivity index (χ4n) is 0.682. The monoisotopic (exact) mass is 278 g/mol. The highest BCUT2D eigenvalue weighted by atomic mass is 127. The number of ketones is 1. The van der Waals surface area contributed by atoms with Crippen molar-refractivity contribution in [2.75, 3.05) is 7.11 Å². The summed E-state index contributed by atoms with van der Waals surface area (Å²) >= 11 is 1.90. The first-order valence-electron chi connectivity index (χ1n) is 3.22. The number of rotatable bonds is 3. The van der Waals surface area contributed by atoms with Crippen LogP contribution in [0.4, 0.5) is 0 Å². The lowest BCUT2D eigenvalue weighted by Crippen LogP contribution is -1.96. The number of allylic oxidation sites excluding steroid dienone is 1. The summed E-state index contributed by atoms with van der Waals surface area (Å²) in [7, 11) is 1.49. The first-order chi connectivity index (χ1) is 5.75. The molecule has 64 valence electrons. The first-order valence-corrected chi connectivity index (χ1v) is 4.30. The van der Waals surface area contributed by atoms with Gasteiger partial charge in [0.25, 0.3) is 0 Å². The van der Waals surface area contributed by atoms with Crippen LogP contribution in [0.1, 0.15) is 10.6 Å². The van der Waals surface area contributed by atoms with Gasteiger partial charge in [0, 0.05) is 0 Å². The number of hydrogen-bond acceptors (Lipinski definition) is 3. The van der Waals surface area contributed by atoms with Crippen LogP contribution >= 0.6 is 22.6 Å². The highest BCUT2D eigenvalue weighted by Crippen LogP contribution is 2.14. The van der Waals surface area contributed by atoms with Crippen molar-refractivity contribution < 1.29 is 13.9 Å². The highest BCUT2D eigenvalue weighted by molar-refractivity contribution is 14.1. The Labute approximate surface area is 83.5 Å². The van der Waals surface area contributed by atoms with Crippen molar-refractivity contribution in [3.63, 3.8) is 0 Å². The topological polar surface area (TPSA) is 39.4 Å². The fourth-order valence-corrected chi connectivity index (χ4v) is 1.20. The number of hydrogen-bond donors (Lipinski definition) is 0. The van der Waals surface area contributed by atoms with Crippen LogP contribution in [0, 0.1) is 0 Å². The van der Waals surface area contributed by atoms with Crippen LogP contribution in [0.15, 0.2) is 32.7 Å². The number of ether oxygens (including phenoxy) is 1. The van der Waals surface area contributed by atoms with E-state index in [4.69, 9.17) is 9.15 Å². The molecule has 0 unspecified atom stereocenters. The number of methoxy groups -OCH3 is 1. The van der Waals surface area contributed by atoms with Gasteiger partial charge in [0.2, 0.25) is 5.78 Å². The minimum atomic E-state index is -0.164. The van der Waals surface area contributed by atoms with Gasteiger partial charge in [-0.2, -0.15) is 0 Å². The first kappa shape index (κ1) is 9.31. The van der Waals surface area contributed by atoms with Crippen molar-refractivity contribution in [2.45, 2.75) is 0 Å². The Morgan fingerprint density at radius 3 is 3.00 bits per heavy atom. The largest absolute Gasteiger partial charge is 0.503 e. The second kappa shape index (κ2) is 4.30. The van der Waals surface area contributed by atoms with Crippen LogP contribution in [-0.2, 0) is 4.74 Å². The number of carbonyl (C=O) groups is 1. The lowest BCUT2D eigenvalue weighted by Gasteiger charge is -1.93. The van der Waals surface area contributed by atoms with Gasteiger partial charge >= 0.3 is 0 Å². The third-order valence-electron chi connectivity index (χ3n) is 1.18. The van der Waals surface area contributed by atoms with Gasteiger partial charge in [-0.05, 0) is 34.7 Å². The second-order valence-electron chi connectivity index (χ2n) is 2.01. The lowest BCUT2D eigenvalue weighted by atomic mass is 10.3. The minimum Gasteiger partial charge on any atom is -0.503 e. The van der Waals surface area contributed by atoms with Crippen molar-refractivity contribution in [3.8, 4) is 0 Å². The fraction of sp³-hybridized carbons (Fsp3) is 0.125. The molecule has 0 aliphatic heterocycles. The Morgan fingerprint density at radius 2 is 2.50 bits per heavy atom. The van der Waals surface area contributed by atoms with E-state index in [2.05, 4.69) is 0 Å². The van der Waals surface area contributed by atoms with E-state index in [1.54, 1.807) is 12.1 Å². The van der Waals surface area contributed by atoms with Gasteiger partial charge in [-0.25, -0.2) is 0 Å². The molecule has 0 fully saturated rings. The van der Waals surface area contributed by atoms with Crippen LogP contribution in [0.25, 0.3) is 0 Å². The highest BCUT2D eigenvalue weighted by Gasteiger charge is 2.11. The van der Waals surface area contributed by atoms with Crippen molar-refractivity contribution in [1.29, 1.82) is 0 Å². The Bertz CT molecular complexity index is 287. The Morgan fingerprint density at radius 1 is 1.75 bits per heavy atom. The van der Waals surface area contributed by atoms with Gasteiger partial charge in [-0.15, -0.1) is 0 Å². The Kier molecular flexibility index (Phi) is 3.33. The standard InChI is InChI=1S/C8H7IO3/c1-11-5-6(9)8(10)7-3-2-4-12-7/h2-5H,1H3/b6-5+. The average Bonchev–Trinajstić information content (AvgIpc) is 2.55. The van der Waals surface area contributed by atoms with Crippen LogP contribution in [0.3, 0.4) is 0 Å². The van der Waals surface area contributed by atoms with Crippen molar-refractivity contribution in [2.24, 2.45) is 0 Å². The Balaban J connectivity index is 2.79. The quantitative estimate of drug-likeness (QED) is 0.369. The molecule has 0 radical (unpaired) electrons. The molecule has 0 saturated heterocycles. The SMILES string of the molecule is CO/C=C(/I)C(=O)c1ccco1. The van der Waals surface area contributed by atoms with Crippen molar-refractivity contribution in [1.82, 2.24) is 0 Å². The molecule has 0 saturated carbocycles. The molecule has 0 amide bonds. The minimum absolute atomic E-state index is 0.164. The normalized spacial score (nSPS) is 11.3. The second-order valence-corrected chi connectivity index (χ2v) is 3.17. The van der Waals surface area contributed by atoms with Gasteiger partial charge in [0.1, 0.15) is 0 Å². The van der Waals surface area contributed by atoms with Crippen LogP contribution in [0.5, 0.6) is 0 Å². The zero-order chi connectivity index (χ0) is 8.97. The zero-order valence-electron chi connectivity index (χ0n) is 6.41. The van der Waals surface area contributed by atoms with E-state index in [1.165, 1.54) is 19.6 Å². The van der Waals surface area contributed by atoms with Gasteiger partial charge in [-0.1, -0.05) is 0 Å². The molecule has 0 atom stereocenters. The molecular formula is C8H7IO3. The third kappa shape index (κ3) is 2.10. The summed E-state index contributed by atoms with van der Waals surface area (Å²) in [5.74, 6) is 0.162. The third-order valence-corrected chi connectivity index (χ3v) is 1.93. The van der Waals surface area contributed by atoms with Crippen LogP contribution in [0.2, 0.25) is 0 Å². The van der Waals surface area contributed by atoms with E-state index in [9.17, 15) is 4.79 Å². The van der Waals surface area contributed by atoms with Crippen LogP contribution < -0.4 is 0 Å². The van der Waals surface area contributed by atoms with E-state index in [0.717, 1.165) is 0 Å². The van der Waals surface area contributed by atoms with Gasteiger partial charge < -0.3 is 9.15 Å². The van der Waals surface area contributed by atoms with E-state index >= 15 is 0 Å². The Hall–Kier alpha value is -0.780. The molecule has 0 N–H and O–H groups in total. The summed E-state index contributed by atoms with van der Waals surface area (Å²) in [4.78, 5) is 11.3. The van der Waals surface area contributed by atoms with Gasteiger partial charge in [0.15, 0.2) is 5.76 Å².